The molecule has 4 aromatic heterocycles. The van der Waals surface area contributed by atoms with E-state index in [0.717, 1.165) is 24.1 Å². The van der Waals surface area contributed by atoms with E-state index in [1.165, 1.54) is 42.0 Å². The lowest BCUT2D eigenvalue weighted by Gasteiger charge is -2.35. The molecule has 290 valence electrons. The third-order valence-electron chi connectivity index (χ3n) is 10.6. The minimum Gasteiger partial charge on any atom is -0.452 e. The molecule has 17 heteroatoms. The monoisotopic (exact) mass is 838 g/mol. The van der Waals surface area contributed by atoms with E-state index in [1.807, 2.05) is 12.1 Å². The van der Waals surface area contributed by atoms with Crippen LogP contribution < -0.4 is 20.9 Å². The SMILES string of the molecule is NC1=N[C@@]2(CS1)c1cc(-c3cccnc3F)ccc1Oc1c2cc(C2CC2)nc1F.NC1=N[C@@]2(CS1)c1cc(-c3cccnc3F)ccc1Oc1c2cc(Cl)nc1F. The molecule has 2 atom stereocenters. The van der Waals surface area contributed by atoms with Gasteiger partial charge in [-0.1, -0.05) is 47.3 Å². The van der Waals surface area contributed by atoms with Gasteiger partial charge in [0.15, 0.2) is 21.8 Å². The van der Waals surface area contributed by atoms with Crippen molar-refractivity contribution in [3.8, 4) is 45.3 Å². The number of nitrogens with zero attached hydrogens (tertiary/aromatic N) is 6. The average Bonchev–Trinajstić information content (AvgIpc) is 3.89. The number of aliphatic imine (C=N–C) groups is 2. The molecule has 5 aliphatic rings. The summed E-state index contributed by atoms with van der Waals surface area (Å²) >= 11 is 8.76. The highest BCUT2D eigenvalue weighted by Gasteiger charge is 2.49. The molecule has 58 heavy (non-hydrogen) atoms. The lowest BCUT2D eigenvalue weighted by molar-refractivity contribution is 0.378. The summed E-state index contributed by atoms with van der Waals surface area (Å²) in [6.45, 7) is 0. The zero-order valence-electron chi connectivity index (χ0n) is 29.8. The normalized spacial score (nSPS) is 20.8. The molecule has 8 heterocycles. The molecular weight excluding hydrogens is 812 g/mol. The number of rotatable bonds is 3. The first-order chi connectivity index (χ1) is 28.0. The first-order valence-electron chi connectivity index (χ1n) is 17.9. The van der Waals surface area contributed by atoms with Gasteiger partial charge in [0.2, 0.25) is 11.9 Å². The molecule has 1 saturated carbocycles. The Morgan fingerprint density at radius 1 is 0.621 bits per heavy atom. The Bertz CT molecular complexity index is 2790. The number of benzene rings is 2. The zero-order valence-corrected chi connectivity index (χ0v) is 32.2. The maximum Gasteiger partial charge on any atom is 0.257 e. The van der Waals surface area contributed by atoms with Crippen molar-refractivity contribution in [2.75, 3.05) is 11.5 Å². The molecule has 4 N–H and O–H groups in total. The van der Waals surface area contributed by atoms with Crippen molar-refractivity contribution < 1.29 is 27.0 Å². The van der Waals surface area contributed by atoms with Crippen molar-refractivity contribution in [3.05, 3.63) is 142 Å². The van der Waals surface area contributed by atoms with Crippen LogP contribution in [0.1, 0.15) is 46.7 Å². The maximum absolute atomic E-state index is 15.0. The molecule has 2 aromatic carbocycles. The summed E-state index contributed by atoms with van der Waals surface area (Å²) in [7, 11) is 0. The van der Waals surface area contributed by atoms with E-state index in [-0.39, 0.29) is 22.6 Å². The van der Waals surface area contributed by atoms with Gasteiger partial charge in [-0.2, -0.15) is 17.6 Å². The van der Waals surface area contributed by atoms with Crippen molar-refractivity contribution >= 4 is 45.5 Å². The van der Waals surface area contributed by atoms with Crippen LogP contribution in [0.15, 0.2) is 95.2 Å². The van der Waals surface area contributed by atoms with Crippen molar-refractivity contribution in [1.29, 1.82) is 0 Å². The molecular formula is C41H27ClF4N8O2S2. The summed E-state index contributed by atoms with van der Waals surface area (Å²) in [5.41, 5.74) is 15.3. The molecule has 4 aliphatic heterocycles. The average molecular weight is 839 g/mol. The van der Waals surface area contributed by atoms with Crippen LogP contribution in [0.4, 0.5) is 17.6 Å². The number of nitrogens with two attached hydrogens (primary N) is 2. The molecule has 0 saturated heterocycles. The second-order valence-electron chi connectivity index (χ2n) is 14.1. The van der Waals surface area contributed by atoms with Crippen LogP contribution >= 0.6 is 35.1 Å². The summed E-state index contributed by atoms with van der Waals surface area (Å²) < 4.78 is 69.7. The smallest absolute Gasteiger partial charge is 0.257 e. The van der Waals surface area contributed by atoms with Gasteiger partial charge < -0.3 is 20.9 Å². The highest BCUT2D eigenvalue weighted by Crippen LogP contribution is 2.56. The van der Waals surface area contributed by atoms with E-state index in [2.05, 4.69) is 24.9 Å². The Morgan fingerprint density at radius 3 is 1.59 bits per heavy atom. The quantitative estimate of drug-likeness (QED) is 0.131. The van der Waals surface area contributed by atoms with E-state index in [0.29, 0.717) is 72.3 Å². The molecule has 0 bridgehead atoms. The van der Waals surface area contributed by atoms with Crippen LogP contribution in [0, 0.1) is 23.8 Å². The highest BCUT2D eigenvalue weighted by atomic mass is 35.5. The molecule has 1 fully saturated rings. The van der Waals surface area contributed by atoms with Crippen LogP contribution in [0.3, 0.4) is 0 Å². The van der Waals surface area contributed by atoms with Crippen LogP contribution in [0.25, 0.3) is 22.3 Å². The van der Waals surface area contributed by atoms with Crippen molar-refractivity contribution in [2.24, 2.45) is 21.5 Å². The Balaban J connectivity index is 0.000000141. The van der Waals surface area contributed by atoms with Gasteiger partial charge in [-0.15, -0.1) is 0 Å². The molecule has 10 nitrogen and oxygen atoms in total. The molecule has 2 spiro atoms. The summed E-state index contributed by atoms with van der Waals surface area (Å²) in [6, 6.07) is 20.5. The van der Waals surface area contributed by atoms with Gasteiger partial charge in [0.05, 0.1) is 0 Å². The number of aromatic nitrogens is 4. The lowest BCUT2D eigenvalue weighted by Crippen LogP contribution is -2.31. The summed E-state index contributed by atoms with van der Waals surface area (Å²) in [5, 5.41) is 0.782. The van der Waals surface area contributed by atoms with Crippen LogP contribution in [0.2, 0.25) is 5.15 Å². The molecule has 1 aliphatic carbocycles. The molecule has 0 amide bonds. The van der Waals surface area contributed by atoms with Gasteiger partial charge in [0, 0.05) is 68.9 Å². The predicted octanol–water partition coefficient (Wildman–Crippen LogP) is 9.20. The van der Waals surface area contributed by atoms with E-state index < -0.39 is 34.9 Å². The van der Waals surface area contributed by atoms with Gasteiger partial charge in [-0.3, -0.25) is 0 Å². The van der Waals surface area contributed by atoms with Gasteiger partial charge in [0.1, 0.15) is 27.7 Å². The number of amidine groups is 2. The Morgan fingerprint density at radius 2 is 1.12 bits per heavy atom. The second-order valence-corrected chi connectivity index (χ2v) is 16.5. The predicted molar refractivity (Wildman–Crippen MR) is 215 cm³/mol. The Kier molecular flexibility index (Phi) is 8.65. The number of halogens is 5. The summed E-state index contributed by atoms with van der Waals surface area (Å²) in [6.07, 6.45) is 4.79. The molecule has 0 unspecified atom stereocenters. The van der Waals surface area contributed by atoms with Crippen molar-refractivity contribution in [2.45, 2.75) is 29.8 Å². The molecule has 11 rings (SSSR count). The fourth-order valence-corrected chi connectivity index (χ4v) is 9.83. The third kappa shape index (κ3) is 5.95. The maximum atomic E-state index is 15.0. The zero-order chi connectivity index (χ0) is 39.9. The fraction of sp³-hybridized carbons (Fsp3) is 0.171. The van der Waals surface area contributed by atoms with E-state index in [1.54, 1.807) is 54.6 Å². The second kappa shape index (κ2) is 13.7. The number of hydrogen-bond donors (Lipinski definition) is 2. The topological polar surface area (TPSA) is 147 Å². The van der Waals surface area contributed by atoms with E-state index in [9.17, 15) is 17.6 Å². The molecule has 6 aromatic rings. The molecule has 0 radical (unpaired) electrons. The van der Waals surface area contributed by atoms with Gasteiger partial charge in [-0.05, 0) is 84.6 Å². The Labute approximate surface area is 341 Å². The summed E-state index contributed by atoms with van der Waals surface area (Å²) in [4.78, 5) is 24.6. The van der Waals surface area contributed by atoms with Crippen molar-refractivity contribution in [1.82, 2.24) is 19.9 Å². The number of fused-ring (bicyclic) bond motifs is 8. The fourth-order valence-electron chi connectivity index (χ4n) is 7.74. The lowest BCUT2D eigenvalue weighted by atomic mass is 9.81. The largest absolute Gasteiger partial charge is 0.452 e. The standard InChI is InChI=1S/C22H16F2N4OS.C19H11ClF2N4OS/c23-19-13(2-1-7-26-19)12-5-6-17-14(8-12)22(10-30-21(25)28-22)15-9-16(11-3-4-11)27-20(24)18(15)29-17;20-14-7-12-15(17(22)25-14)27-13-4-3-9(10-2-1-5-24-16(10)21)6-11(13)19(12)8-28-18(23)26-19/h1-2,5-9,11H,3-4,10H2,(H2,25,28);1-7H,8H2,(H2,23,26)/t22-;19-/m00/s1. The van der Waals surface area contributed by atoms with Crippen LogP contribution in [0.5, 0.6) is 23.0 Å². The van der Waals surface area contributed by atoms with Crippen LogP contribution in [-0.2, 0) is 11.1 Å². The minimum atomic E-state index is -1.00. The number of pyridine rings is 4. The first kappa shape index (κ1) is 36.6. The van der Waals surface area contributed by atoms with Gasteiger partial charge >= 0.3 is 0 Å². The van der Waals surface area contributed by atoms with E-state index in [4.69, 9.17) is 37.5 Å². The van der Waals surface area contributed by atoms with Crippen LogP contribution in [-0.4, -0.2) is 41.8 Å². The highest BCUT2D eigenvalue weighted by molar-refractivity contribution is 8.14. The first-order valence-corrected chi connectivity index (χ1v) is 20.3. The number of thioether (sulfide) groups is 2. The van der Waals surface area contributed by atoms with Gasteiger partial charge in [0.25, 0.3) is 11.9 Å². The third-order valence-corrected chi connectivity index (χ3v) is 12.7. The van der Waals surface area contributed by atoms with Crippen molar-refractivity contribution in [3.63, 3.8) is 0 Å². The van der Waals surface area contributed by atoms with E-state index >= 15 is 0 Å². The number of ether oxygens (including phenoxy) is 2. The number of hydrogen-bond acceptors (Lipinski definition) is 12. The minimum absolute atomic E-state index is 0.0113. The van der Waals surface area contributed by atoms with Gasteiger partial charge in [-0.25, -0.2) is 29.9 Å². The summed E-state index contributed by atoms with van der Waals surface area (Å²) in [5.74, 6) is -0.452. The Hall–Kier alpha value is -5.71.